The van der Waals surface area contributed by atoms with E-state index in [9.17, 15) is 9.18 Å². The van der Waals surface area contributed by atoms with Crippen molar-refractivity contribution in [2.24, 2.45) is 7.05 Å². The van der Waals surface area contributed by atoms with Crippen molar-refractivity contribution in [1.82, 2.24) is 19.7 Å². The van der Waals surface area contributed by atoms with Crippen LogP contribution in [0.2, 0.25) is 5.02 Å². The Labute approximate surface area is 194 Å². The number of amides is 1. The van der Waals surface area contributed by atoms with Crippen LogP contribution in [0, 0.1) is 17.5 Å². The Kier molecular flexibility index (Phi) is 4.83. The molecule has 0 unspecified atom stereocenters. The highest BCUT2D eigenvalue weighted by Crippen LogP contribution is 2.38. The summed E-state index contributed by atoms with van der Waals surface area (Å²) in [5.41, 5.74) is 1.31. The molecule has 5 rings (SSSR count). The van der Waals surface area contributed by atoms with Gasteiger partial charge in [-0.15, -0.1) is 0 Å². The van der Waals surface area contributed by atoms with Gasteiger partial charge in [0, 0.05) is 35.7 Å². The minimum absolute atomic E-state index is 0.138. The van der Waals surface area contributed by atoms with Crippen molar-refractivity contribution in [3.63, 3.8) is 0 Å². The van der Waals surface area contributed by atoms with Crippen LogP contribution in [0.25, 0.3) is 22.0 Å². The largest absolute Gasteiger partial charge is 0.339 e. The molecule has 1 aliphatic rings. The van der Waals surface area contributed by atoms with Crippen LogP contribution in [0.5, 0.6) is 0 Å². The number of pyridine rings is 1. The second kappa shape index (κ2) is 7.38. The predicted octanol–water partition coefficient (Wildman–Crippen LogP) is 2.74. The number of nitrogens with zero attached hydrogens (tertiary/aromatic N) is 4. The number of hydrogen-bond acceptors (Lipinski definition) is 3. The zero-order valence-corrected chi connectivity index (χ0v) is 18.7. The lowest BCUT2D eigenvalue weighted by molar-refractivity contribution is 0.0727. The smallest absolute Gasteiger partial charge is 0.255 e. The van der Waals surface area contributed by atoms with Gasteiger partial charge in [0.2, 0.25) is 0 Å². The van der Waals surface area contributed by atoms with Crippen molar-refractivity contribution in [3.8, 4) is 11.1 Å². The Morgan fingerprint density at radius 3 is 2.45 bits per heavy atom. The van der Waals surface area contributed by atoms with Gasteiger partial charge in [-0.3, -0.25) is 14.5 Å². The first kappa shape index (κ1) is 21.6. The quantitative estimate of drug-likeness (QED) is 0.437. The molecule has 0 saturated heterocycles. The molecule has 0 saturated carbocycles. The molecule has 11 heteroatoms. The highest BCUT2D eigenvalue weighted by Gasteiger charge is 2.44. The van der Waals surface area contributed by atoms with Gasteiger partial charge >= 0.3 is 0 Å². The molecule has 0 radical (unpaired) electrons. The molecule has 4 aromatic rings. The van der Waals surface area contributed by atoms with Gasteiger partial charge in [-0.2, -0.15) is 5.10 Å². The van der Waals surface area contributed by atoms with Crippen LogP contribution in [0.15, 0.2) is 42.7 Å². The van der Waals surface area contributed by atoms with E-state index in [0.29, 0.717) is 16.6 Å². The summed E-state index contributed by atoms with van der Waals surface area (Å²) in [7, 11) is 5.21. The summed E-state index contributed by atoms with van der Waals surface area (Å²) in [5, 5.41) is 3.61. The maximum Gasteiger partial charge on any atom is 0.255 e. The zero-order valence-electron chi connectivity index (χ0n) is 18.0. The van der Waals surface area contributed by atoms with Gasteiger partial charge in [0.05, 0.1) is 17.8 Å². The lowest BCUT2D eigenvalue weighted by Gasteiger charge is -2.32. The van der Waals surface area contributed by atoms with Crippen LogP contribution < -0.4 is 0 Å². The van der Waals surface area contributed by atoms with E-state index < -0.39 is 22.8 Å². The molecule has 164 valence electrons. The van der Waals surface area contributed by atoms with E-state index in [1.165, 1.54) is 9.58 Å². The van der Waals surface area contributed by atoms with Crippen LogP contribution >= 0.6 is 11.6 Å². The van der Waals surface area contributed by atoms with Crippen LogP contribution in [-0.4, -0.2) is 41.3 Å². The van der Waals surface area contributed by atoms with Crippen LogP contribution in [-0.2, 0) is 18.9 Å². The van der Waals surface area contributed by atoms with E-state index in [1.54, 1.807) is 47.3 Å². The van der Waals surface area contributed by atoms with Crippen LogP contribution in [0.3, 0.4) is 0 Å². The van der Waals surface area contributed by atoms with Gasteiger partial charge in [-0.1, -0.05) is 11.6 Å². The number of aromatic nitrogens is 3. The average molecular weight is 466 g/mol. The van der Waals surface area contributed by atoms with E-state index in [2.05, 4.69) is 10.1 Å². The van der Waals surface area contributed by atoms with Crippen LogP contribution in [0.1, 0.15) is 21.6 Å². The lowest BCUT2D eigenvalue weighted by atomic mass is 9.59. The highest BCUT2D eigenvalue weighted by molar-refractivity contribution is 6.42. The Morgan fingerprint density at radius 2 is 1.79 bits per heavy atom. The van der Waals surface area contributed by atoms with Gasteiger partial charge in [0.1, 0.15) is 43.7 Å². The van der Waals surface area contributed by atoms with Gasteiger partial charge < -0.3 is 4.90 Å². The van der Waals surface area contributed by atoms with Crippen molar-refractivity contribution in [1.29, 1.82) is 0 Å². The fraction of sp³-hybridized carbons (Fsp3) is 0.136. The second-order valence-electron chi connectivity index (χ2n) is 8.55. The summed E-state index contributed by atoms with van der Waals surface area (Å²) in [6.07, 6.45) is 3.19. The molecule has 0 aliphatic carbocycles. The maximum absolute atomic E-state index is 15.2. The molecule has 0 fully saturated rings. The van der Waals surface area contributed by atoms with E-state index >= 15 is 8.78 Å². The fourth-order valence-corrected chi connectivity index (χ4v) is 4.59. The number of halogens is 4. The number of carbonyl (C=O) groups is 1. The van der Waals surface area contributed by atoms with E-state index in [4.69, 9.17) is 11.6 Å². The van der Waals surface area contributed by atoms with Crippen molar-refractivity contribution >= 4 is 44.1 Å². The molecule has 5 nitrogen and oxygen atoms in total. The Morgan fingerprint density at radius 1 is 1.09 bits per heavy atom. The van der Waals surface area contributed by atoms with E-state index in [0.717, 1.165) is 18.2 Å². The highest BCUT2D eigenvalue weighted by atomic mass is 35.5. The van der Waals surface area contributed by atoms with Crippen molar-refractivity contribution < 1.29 is 18.0 Å². The number of hydrogen-bond donors (Lipinski definition) is 0. The summed E-state index contributed by atoms with van der Waals surface area (Å²) in [4.78, 5) is 18.6. The molecule has 0 spiro atoms. The molecular weight excluding hydrogens is 450 g/mol. The van der Waals surface area contributed by atoms with E-state index in [-0.39, 0.29) is 39.7 Å². The second-order valence-corrected chi connectivity index (χ2v) is 8.93. The SMILES string of the molecule is BC1(B)c2ncccc2C(=O)N1Cc1c(F)cc(-c2cc(F)c(Cl)c3nn(C)cc23)cc1F. The average Bonchev–Trinajstić information content (AvgIpc) is 3.24. The molecule has 0 atom stereocenters. The van der Waals surface area contributed by atoms with Gasteiger partial charge in [0.15, 0.2) is 0 Å². The summed E-state index contributed by atoms with van der Waals surface area (Å²) in [6, 6.07) is 6.70. The Bertz CT molecular complexity index is 1450. The minimum Gasteiger partial charge on any atom is -0.339 e. The van der Waals surface area contributed by atoms with Gasteiger partial charge in [-0.05, 0) is 41.5 Å². The zero-order chi connectivity index (χ0) is 23.7. The topological polar surface area (TPSA) is 51.0 Å². The Hall–Kier alpha value is -3.26. The van der Waals surface area contributed by atoms with Gasteiger partial charge in [-0.25, -0.2) is 13.2 Å². The van der Waals surface area contributed by atoms with Crippen LogP contribution in [0.4, 0.5) is 13.2 Å². The summed E-state index contributed by atoms with van der Waals surface area (Å²) in [6.45, 7) is -0.280. The number of benzene rings is 2. The summed E-state index contributed by atoms with van der Waals surface area (Å²) >= 11 is 6.02. The predicted molar refractivity (Wildman–Crippen MR) is 124 cm³/mol. The minimum atomic E-state index is -0.843. The van der Waals surface area contributed by atoms with E-state index in [1.807, 2.05) is 0 Å². The third-order valence-electron chi connectivity index (χ3n) is 6.11. The number of rotatable bonds is 3. The molecule has 1 aliphatic heterocycles. The molecule has 2 aromatic heterocycles. The molecule has 2 aromatic carbocycles. The standard InChI is InChI=1S/C22H16B2ClF3N4O/c1-31-8-13-12(7-17(28)18(25)19(13)30-31)10-5-15(26)14(16(27)6-10)9-32-21(33)11-3-2-4-29-20(11)22(32,23)24/h2-8H,9,23-24H2,1H3. The molecule has 1 amide bonds. The summed E-state index contributed by atoms with van der Waals surface area (Å²) < 4.78 is 46.3. The third kappa shape index (κ3) is 3.23. The number of fused-ring (bicyclic) bond motifs is 2. The van der Waals surface area contributed by atoms with Crippen molar-refractivity contribution in [2.45, 2.75) is 11.9 Å². The first-order valence-corrected chi connectivity index (χ1v) is 10.5. The Balaban J connectivity index is 1.57. The molecule has 3 heterocycles. The monoisotopic (exact) mass is 466 g/mol. The molecular formula is C22H16B2ClF3N4O. The fourth-order valence-electron chi connectivity index (χ4n) is 4.40. The first-order valence-electron chi connectivity index (χ1n) is 10.2. The summed E-state index contributed by atoms with van der Waals surface area (Å²) in [5.74, 6) is -2.77. The van der Waals surface area contributed by atoms with Gasteiger partial charge in [0.25, 0.3) is 5.91 Å². The number of carbonyl (C=O) groups excluding carboxylic acids is 1. The maximum atomic E-state index is 15.2. The first-order chi connectivity index (χ1) is 15.6. The van der Waals surface area contributed by atoms with Crippen molar-refractivity contribution in [3.05, 3.63) is 82.0 Å². The normalized spacial score (nSPS) is 14.8. The molecule has 0 N–H and O–H groups in total. The lowest BCUT2D eigenvalue weighted by Crippen LogP contribution is -2.45. The molecule has 33 heavy (non-hydrogen) atoms. The molecule has 0 bridgehead atoms. The third-order valence-corrected chi connectivity index (χ3v) is 6.47. The number of aryl methyl sites for hydroxylation is 1. The van der Waals surface area contributed by atoms with Crippen molar-refractivity contribution in [2.75, 3.05) is 0 Å².